The minimum atomic E-state index is 0. The molecule has 2 aromatic carbocycles. The fraction of sp³-hybridized carbons (Fsp3) is 0.478. The van der Waals surface area contributed by atoms with Crippen molar-refractivity contribution in [3.05, 3.63) is 59.7 Å². The average molecular weight is 424 g/mol. The summed E-state index contributed by atoms with van der Waals surface area (Å²) >= 11 is 0. The lowest BCUT2D eigenvalue weighted by Crippen LogP contribution is -2.28. The first-order valence-corrected chi connectivity index (χ1v) is 9.92. The van der Waals surface area contributed by atoms with Crippen LogP contribution in [0.3, 0.4) is 0 Å². The average Bonchev–Trinajstić information content (AvgIpc) is 2.79. The monoisotopic (exact) mass is 423 g/mol. The molecular weight excluding hydrogens is 389 g/mol. The SMILES string of the molecule is CN(C)CCCN(C)CCCN1c2ccccc2CCc2ccccc21.Cl.Cl. The van der Waals surface area contributed by atoms with E-state index in [0.29, 0.717) is 0 Å². The van der Waals surface area contributed by atoms with Crippen LogP contribution in [0.5, 0.6) is 0 Å². The molecule has 1 aliphatic heterocycles. The van der Waals surface area contributed by atoms with Gasteiger partial charge in [-0.05, 0) is 89.7 Å². The van der Waals surface area contributed by atoms with Crippen molar-refractivity contribution in [3.8, 4) is 0 Å². The molecule has 0 atom stereocenters. The number of benzene rings is 2. The van der Waals surface area contributed by atoms with E-state index >= 15 is 0 Å². The van der Waals surface area contributed by atoms with Gasteiger partial charge in [0, 0.05) is 17.9 Å². The van der Waals surface area contributed by atoms with Crippen LogP contribution in [0.4, 0.5) is 11.4 Å². The topological polar surface area (TPSA) is 9.72 Å². The number of para-hydroxylation sites is 2. The third-order valence-corrected chi connectivity index (χ3v) is 5.30. The zero-order chi connectivity index (χ0) is 18.4. The minimum Gasteiger partial charge on any atom is -0.341 e. The Labute approximate surface area is 183 Å². The van der Waals surface area contributed by atoms with E-state index in [-0.39, 0.29) is 24.8 Å². The van der Waals surface area contributed by atoms with Gasteiger partial charge in [-0.2, -0.15) is 0 Å². The third-order valence-electron chi connectivity index (χ3n) is 5.30. The second kappa shape index (κ2) is 12.3. The zero-order valence-electron chi connectivity index (χ0n) is 17.4. The number of nitrogens with zero attached hydrogens (tertiary/aromatic N) is 3. The van der Waals surface area contributed by atoms with Gasteiger partial charge in [-0.3, -0.25) is 0 Å². The van der Waals surface area contributed by atoms with E-state index in [9.17, 15) is 0 Å². The molecular formula is C23H35Cl2N3. The number of hydrogen-bond acceptors (Lipinski definition) is 3. The Kier molecular flexibility index (Phi) is 10.9. The van der Waals surface area contributed by atoms with Crippen LogP contribution in [-0.4, -0.2) is 57.1 Å². The van der Waals surface area contributed by atoms with Crippen LogP contribution in [-0.2, 0) is 12.8 Å². The van der Waals surface area contributed by atoms with Crippen molar-refractivity contribution in [2.24, 2.45) is 0 Å². The van der Waals surface area contributed by atoms with Crippen LogP contribution in [0, 0.1) is 0 Å². The smallest absolute Gasteiger partial charge is 0.0443 e. The fourth-order valence-electron chi connectivity index (χ4n) is 3.88. The van der Waals surface area contributed by atoms with Gasteiger partial charge in [0.15, 0.2) is 0 Å². The molecule has 1 aliphatic rings. The van der Waals surface area contributed by atoms with Crippen molar-refractivity contribution in [3.63, 3.8) is 0 Å². The quantitative estimate of drug-likeness (QED) is 0.588. The van der Waals surface area contributed by atoms with E-state index in [1.54, 1.807) is 0 Å². The van der Waals surface area contributed by atoms with Crippen LogP contribution in [0.25, 0.3) is 0 Å². The molecule has 0 radical (unpaired) electrons. The molecule has 0 saturated heterocycles. The van der Waals surface area contributed by atoms with E-state index in [2.05, 4.69) is 84.4 Å². The first-order valence-electron chi connectivity index (χ1n) is 9.92. The Hall–Kier alpha value is -1.26. The van der Waals surface area contributed by atoms with Gasteiger partial charge in [-0.25, -0.2) is 0 Å². The highest BCUT2D eigenvalue weighted by Crippen LogP contribution is 2.35. The summed E-state index contributed by atoms with van der Waals surface area (Å²) in [4.78, 5) is 7.28. The van der Waals surface area contributed by atoms with Gasteiger partial charge >= 0.3 is 0 Å². The van der Waals surface area contributed by atoms with Crippen molar-refractivity contribution >= 4 is 36.2 Å². The Morgan fingerprint density at radius 1 is 0.714 bits per heavy atom. The molecule has 3 nitrogen and oxygen atoms in total. The maximum atomic E-state index is 2.55. The number of hydrogen-bond donors (Lipinski definition) is 0. The molecule has 3 rings (SSSR count). The first-order chi connectivity index (χ1) is 12.6. The molecule has 2 aromatic rings. The summed E-state index contributed by atoms with van der Waals surface area (Å²) in [6.45, 7) is 4.56. The van der Waals surface area contributed by atoms with Crippen LogP contribution >= 0.6 is 24.8 Å². The number of halogens is 2. The Bertz CT molecular complexity index is 658. The van der Waals surface area contributed by atoms with E-state index in [0.717, 1.165) is 32.5 Å². The normalized spacial score (nSPS) is 12.7. The van der Waals surface area contributed by atoms with Crippen LogP contribution in [0.1, 0.15) is 24.0 Å². The Morgan fingerprint density at radius 3 is 1.75 bits per heavy atom. The van der Waals surface area contributed by atoms with Crippen molar-refractivity contribution in [2.75, 3.05) is 52.2 Å². The Morgan fingerprint density at radius 2 is 1.21 bits per heavy atom. The summed E-state index contributed by atoms with van der Waals surface area (Å²) in [6, 6.07) is 17.9. The van der Waals surface area contributed by atoms with Crippen molar-refractivity contribution in [1.29, 1.82) is 0 Å². The predicted molar refractivity (Wildman–Crippen MR) is 127 cm³/mol. The van der Waals surface area contributed by atoms with Gasteiger partial charge < -0.3 is 14.7 Å². The zero-order valence-corrected chi connectivity index (χ0v) is 19.1. The van der Waals surface area contributed by atoms with E-state index in [4.69, 9.17) is 0 Å². The summed E-state index contributed by atoms with van der Waals surface area (Å²) in [5.41, 5.74) is 5.74. The summed E-state index contributed by atoms with van der Waals surface area (Å²) in [5.74, 6) is 0. The van der Waals surface area contributed by atoms with Crippen LogP contribution in [0.2, 0.25) is 0 Å². The Balaban J connectivity index is 0.00000196. The molecule has 5 heteroatoms. The van der Waals surface area contributed by atoms with Crippen LogP contribution in [0.15, 0.2) is 48.5 Å². The molecule has 156 valence electrons. The second-order valence-electron chi connectivity index (χ2n) is 7.72. The lowest BCUT2D eigenvalue weighted by molar-refractivity contribution is 0.299. The van der Waals surface area contributed by atoms with Gasteiger partial charge in [-0.1, -0.05) is 36.4 Å². The first kappa shape index (κ1) is 24.8. The standard InChI is InChI=1S/C23H33N3.2ClH/c1-24(2)16-8-17-25(3)18-9-19-26-22-12-6-4-10-20(22)14-15-21-11-5-7-13-23(21)26;;/h4-7,10-13H,8-9,14-19H2,1-3H3;2*1H. The number of anilines is 2. The summed E-state index contributed by atoms with van der Waals surface area (Å²) in [6.07, 6.45) is 4.68. The van der Waals surface area contributed by atoms with Gasteiger partial charge in [0.25, 0.3) is 0 Å². The molecule has 0 N–H and O–H groups in total. The number of fused-ring (bicyclic) bond motifs is 2. The molecule has 28 heavy (non-hydrogen) atoms. The summed E-state index contributed by atoms with van der Waals surface area (Å²) < 4.78 is 0. The van der Waals surface area contributed by atoms with Crippen LogP contribution < -0.4 is 4.90 Å². The molecule has 0 fully saturated rings. The lowest BCUT2D eigenvalue weighted by atomic mass is 10.0. The highest BCUT2D eigenvalue weighted by Gasteiger charge is 2.19. The molecule has 1 heterocycles. The van der Waals surface area contributed by atoms with Crippen molar-refractivity contribution < 1.29 is 0 Å². The molecule has 0 saturated carbocycles. The lowest BCUT2D eigenvalue weighted by Gasteiger charge is -2.28. The molecule has 0 spiro atoms. The molecule has 0 unspecified atom stereocenters. The molecule has 0 aliphatic carbocycles. The number of aryl methyl sites for hydroxylation is 2. The highest BCUT2D eigenvalue weighted by atomic mass is 35.5. The predicted octanol–water partition coefficient (Wildman–Crippen LogP) is 5.04. The molecule has 0 aromatic heterocycles. The van der Waals surface area contributed by atoms with E-state index in [1.807, 2.05) is 0 Å². The van der Waals surface area contributed by atoms with Gasteiger partial charge in [0.05, 0.1) is 0 Å². The fourth-order valence-corrected chi connectivity index (χ4v) is 3.88. The summed E-state index contributed by atoms with van der Waals surface area (Å²) in [5, 5.41) is 0. The second-order valence-corrected chi connectivity index (χ2v) is 7.72. The van der Waals surface area contributed by atoms with E-state index in [1.165, 1.54) is 41.9 Å². The number of rotatable bonds is 8. The van der Waals surface area contributed by atoms with Crippen molar-refractivity contribution in [2.45, 2.75) is 25.7 Å². The van der Waals surface area contributed by atoms with E-state index < -0.39 is 0 Å². The van der Waals surface area contributed by atoms with Gasteiger partial charge in [0.1, 0.15) is 0 Å². The van der Waals surface area contributed by atoms with Gasteiger partial charge in [0.2, 0.25) is 0 Å². The maximum Gasteiger partial charge on any atom is 0.0443 e. The van der Waals surface area contributed by atoms with Gasteiger partial charge in [-0.15, -0.1) is 24.8 Å². The largest absolute Gasteiger partial charge is 0.341 e. The molecule has 0 bridgehead atoms. The third kappa shape index (κ3) is 6.66. The molecule has 0 amide bonds. The summed E-state index contributed by atoms with van der Waals surface area (Å²) in [7, 11) is 6.54. The maximum absolute atomic E-state index is 2.55. The van der Waals surface area contributed by atoms with Crippen molar-refractivity contribution in [1.82, 2.24) is 9.80 Å². The highest BCUT2D eigenvalue weighted by molar-refractivity contribution is 5.85. The minimum absolute atomic E-state index is 0.